The SMILES string of the molecule is [CH2]N1CCC2(CCOC2)CC1. The minimum absolute atomic E-state index is 0.550. The van der Waals surface area contributed by atoms with Gasteiger partial charge in [0, 0.05) is 13.7 Å². The zero-order chi connectivity index (χ0) is 7.73. The van der Waals surface area contributed by atoms with Crippen LogP contribution in [0.25, 0.3) is 0 Å². The highest BCUT2D eigenvalue weighted by atomic mass is 16.5. The lowest BCUT2D eigenvalue weighted by atomic mass is 9.78. The van der Waals surface area contributed by atoms with Gasteiger partial charge in [-0.15, -0.1) is 0 Å². The highest BCUT2D eigenvalue weighted by Gasteiger charge is 2.36. The fourth-order valence-electron chi connectivity index (χ4n) is 2.07. The summed E-state index contributed by atoms with van der Waals surface area (Å²) in [5.41, 5.74) is 0.550. The van der Waals surface area contributed by atoms with E-state index in [0.717, 1.165) is 26.3 Å². The molecule has 0 aliphatic carbocycles. The molecule has 0 aromatic carbocycles. The maximum absolute atomic E-state index is 5.43. The Balaban J connectivity index is 1.94. The largest absolute Gasteiger partial charge is 0.381 e. The molecule has 2 aliphatic heterocycles. The molecule has 0 saturated carbocycles. The average molecular weight is 154 g/mol. The first kappa shape index (κ1) is 7.56. The molecule has 2 saturated heterocycles. The standard InChI is InChI=1S/C9H16NO/c1-10-5-2-9(3-6-10)4-7-11-8-9/h1-8H2. The van der Waals surface area contributed by atoms with Crippen molar-refractivity contribution in [2.75, 3.05) is 26.3 Å². The van der Waals surface area contributed by atoms with Gasteiger partial charge in [0.1, 0.15) is 0 Å². The van der Waals surface area contributed by atoms with Crippen LogP contribution >= 0.6 is 0 Å². The molecule has 0 bridgehead atoms. The van der Waals surface area contributed by atoms with E-state index in [4.69, 9.17) is 4.74 Å². The minimum Gasteiger partial charge on any atom is -0.381 e. The molecule has 0 amide bonds. The van der Waals surface area contributed by atoms with Crippen LogP contribution in [-0.2, 0) is 4.74 Å². The molecule has 11 heavy (non-hydrogen) atoms. The fourth-order valence-corrected chi connectivity index (χ4v) is 2.07. The van der Waals surface area contributed by atoms with Gasteiger partial charge in [-0.3, -0.25) is 0 Å². The van der Waals surface area contributed by atoms with Crippen LogP contribution in [0, 0.1) is 12.5 Å². The molecule has 0 unspecified atom stereocenters. The van der Waals surface area contributed by atoms with E-state index in [-0.39, 0.29) is 0 Å². The van der Waals surface area contributed by atoms with Crippen LogP contribution in [0.15, 0.2) is 0 Å². The lowest BCUT2D eigenvalue weighted by Gasteiger charge is -2.36. The molecule has 63 valence electrons. The number of nitrogens with zero attached hydrogens (tertiary/aromatic N) is 1. The minimum atomic E-state index is 0.550. The van der Waals surface area contributed by atoms with Gasteiger partial charge in [-0.25, -0.2) is 0 Å². The first-order valence-corrected chi connectivity index (χ1v) is 4.44. The van der Waals surface area contributed by atoms with Gasteiger partial charge < -0.3 is 9.64 Å². The Hall–Kier alpha value is -0.0800. The summed E-state index contributed by atoms with van der Waals surface area (Å²) in [5, 5.41) is 0. The molecular weight excluding hydrogens is 138 g/mol. The molecule has 0 atom stereocenters. The lowest BCUT2D eigenvalue weighted by molar-refractivity contribution is 0.0983. The van der Waals surface area contributed by atoms with Crippen molar-refractivity contribution in [3.63, 3.8) is 0 Å². The van der Waals surface area contributed by atoms with Crippen LogP contribution in [0.1, 0.15) is 19.3 Å². The Morgan fingerprint density at radius 2 is 1.91 bits per heavy atom. The predicted octanol–water partition coefficient (Wildman–Crippen LogP) is 1.28. The van der Waals surface area contributed by atoms with Crippen molar-refractivity contribution in [3.05, 3.63) is 7.05 Å². The molecule has 2 fully saturated rings. The smallest absolute Gasteiger partial charge is 0.0524 e. The van der Waals surface area contributed by atoms with Gasteiger partial charge in [-0.05, 0) is 37.8 Å². The van der Waals surface area contributed by atoms with Gasteiger partial charge in [0.05, 0.1) is 6.61 Å². The average Bonchev–Trinajstić information content (AvgIpc) is 2.45. The van der Waals surface area contributed by atoms with Gasteiger partial charge in [-0.2, -0.15) is 0 Å². The van der Waals surface area contributed by atoms with E-state index in [2.05, 4.69) is 11.9 Å². The normalized spacial score (nSPS) is 31.4. The molecule has 2 rings (SSSR count). The van der Waals surface area contributed by atoms with Crippen molar-refractivity contribution in [1.82, 2.24) is 4.90 Å². The van der Waals surface area contributed by atoms with Gasteiger partial charge in [0.15, 0.2) is 0 Å². The summed E-state index contributed by atoms with van der Waals surface area (Å²) < 4.78 is 5.43. The van der Waals surface area contributed by atoms with Gasteiger partial charge in [0.25, 0.3) is 0 Å². The third kappa shape index (κ3) is 1.42. The van der Waals surface area contributed by atoms with E-state index in [1.54, 1.807) is 0 Å². The Labute approximate surface area is 68.5 Å². The van der Waals surface area contributed by atoms with Crippen molar-refractivity contribution >= 4 is 0 Å². The van der Waals surface area contributed by atoms with E-state index in [0.29, 0.717) is 5.41 Å². The quantitative estimate of drug-likeness (QED) is 0.521. The van der Waals surface area contributed by atoms with Crippen LogP contribution in [0.2, 0.25) is 0 Å². The summed E-state index contributed by atoms with van der Waals surface area (Å²) in [7, 11) is 3.94. The zero-order valence-corrected chi connectivity index (χ0v) is 7.01. The van der Waals surface area contributed by atoms with Crippen molar-refractivity contribution in [3.8, 4) is 0 Å². The lowest BCUT2D eigenvalue weighted by Crippen LogP contribution is -2.37. The number of hydrogen-bond donors (Lipinski definition) is 0. The van der Waals surface area contributed by atoms with Crippen molar-refractivity contribution in [2.45, 2.75) is 19.3 Å². The molecule has 0 aromatic rings. The number of rotatable bonds is 0. The number of hydrogen-bond acceptors (Lipinski definition) is 2. The van der Waals surface area contributed by atoms with Crippen molar-refractivity contribution in [1.29, 1.82) is 0 Å². The molecule has 0 N–H and O–H groups in total. The number of piperidine rings is 1. The second-order valence-corrected chi connectivity index (χ2v) is 3.92. The zero-order valence-electron chi connectivity index (χ0n) is 7.01. The topological polar surface area (TPSA) is 12.5 Å². The van der Waals surface area contributed by atoms with E-state index in [9.17, 15) is 0 Å². The Bertz CT molecular complexity index is 130. The van der Waals surface area contributed by atoms with E-state index >= 15 is 0 Å². The van der Waals surface area contributed by atoms with Crippen LogP contribution < -0.4 is 0 Å². The first-order valence-electron chi connectivity index (χ1n) is 4.44. The third-order valence-corrected chi connectivity index (χ3v) is 3.10. The molecule has 1 radical (unpaired) electrons. The Morgan fingerprint density at radius 3 is 2.45 bits per heavy atom. The van der Waals surface area contributed by atoms with Crippen LogP contribution in [0.5, 0.6) is 0 Å². The molecule has 2 heterocycles. The highest BCUT2D eigenvalue weighted by Crippen LogP contribution is 2.38. The molecular formula is C9H16NO. The second kappa shape index (κ2) is 2.76. The predicted molar refractivity (Wildman–Crippen MR) is 44.0 cm³/mol. The first-order chi connectivity index (χ1) is 5.31. The Kier molecular flexibility index (Phi) is 1.90. The summed E-state index contributed by atoms with van der Waals surface area (Å²) >= 11 is 0. The summed E-state index contributed by atoms with van der Waals surface area (Å²) in [4.78, 5) is 2.17. The fraction of sp³-hybridized carbons (Fsp3) is 0.889. The molecule has 1 spiro atoms. The maximum Gasteiger partial charge on any atom is 0.0524 e. The second-order valence-electron chi connectivity index (χ2n) is 3.92. The summed E-state index contributed by atoms with van der Waals surface area (Å²) in [6.45, 7) is 4.30. The van der Waals surface area contributed by atoms with Gasteiger partial charge in [0.2, 0.25) is 0 Å². The van der Waals surface area contributed by atoms with Crippen molar-refractivity contribution < 1.29 is 4.74 Å². The van der Waals surface area contributed by atoms with Crippen LogP contribution in [0.3, 0.4) is 0 Å². The molecule has 2 aliphatic rings. The monoisotopic (exact) mass is 154 g/mol. The van der Waals surface area contributed by atoms with Gasteiger partial charge in [-0.1, -0.05) is 0 Å². The summed E-state index contributed by atoms with van der Waals surface area (Å²) in [6, 6.07) is 0. The van der Waals surface area contributed by atoms with Crippen LogP contribution in [-0.4, -0.2) is 31.2 Å². The molecule has 2 heteroatoms. The maximum atomic E-state index is 5.43. The highest BCUT2D eigenvalue weighted by molar-refractivity contribution is 4.88. The van der Waals surface area contributed by atoms with Crippen LogP contribution in [0.4, 0.5) is 0 Å². The Morgan fingerprint density at radius 1 is 1.18 bits per heavy atom. The molecule has 2 nitrogen and oxygen atoms in total. The van der Waals surface area contributed by atoms with Crippen molar-refractivity contribution in [2.24, 2.45) is 5.41 Å². The van der Waals surface area contributed by atoms with E-state index in [1.165, 1.54) is 19.3 Å². The summed E-state index contributed by atoms with van der Waals surface area (Å²) in [5.74, 6) is 0. The number of likely N-dealkylation sites (tertiary alicyclic amines) is 1. The van der Waals surface area contributed by atoms with E-state index < -0.39 is 0 Å². The third-order valence-electron chi connectivity index (χ3n) is 3.10. The molecule has 0 aromatic heterocycles. The summed E-state index contributed by atoms with van der Waals surface area (Å²) in [6.07, 6.45) is 3.86. The number of ether oxygens (including phenoxy) is 1. The van der Waals surface area contributed by atoms with E-state index in [1.807, 2.05) is 0 Å². The van der Waals surface area contributed by atoms with Gasteiger partial charge >= 0.3 is 0 Å².